The molecule has 0 aromatic heterocycles. The van der Waals surface area contributed by atoms with Crippen LogP contribution in [0.5, 0.6) is 0 Å². The van der Waals surface area contributed by atoms with E-state index >= 15 is 0 Å². The predicted octanol–water partition coefficient (Wildman–Crippen LogP) is 5.28. The average Bonchev–Trinajstić information content (AvgIpc) is 2.16. The molecule has 0 spiro atoms. The van der Waals surface area contributed by atoms with Crippen LogP contribution in [0.15, 0.2) is 0 Å². The summed E-state index contributed by atoms with van der Waals surface area (Å²) in [5.41, 5.74) is 0. The maximum atomic E-state index is 2.42. The van der Waals surface area contributed by atoms with Crippen molar-refractivity contribution in [2.75, 3.05) is 0 Å². The van der Waals surface area contributed by atoms with Gasteiger partial charge in [0.2, 0.25) is 0 Å². The first-order valence-electron chi connectivity index (χ1n) is 6.61. The summed E-state index contributed by atoms with van der Waals surface area (Å²) in [4.78, 5) is 0. The minimum absolute atomic E-state index is 0.913. The first-order chi connectivity index (χ1) is 6.61. The Kier molecular flexibility index (Phi) is 8.32. The molecule has 3 unspecified atom stereocenters. The van der Waals surface area contributed by atoms with Crippen molar-refractivity contribution < 1.29 is 0 Å². The molecule has 0 amide bonds. The largest absolute Gasteiger partial charge is 0.0654 e. The van der Waals surface area contributed by atoms with Gasteiger partial charge in [-0.15, -0.1) is 0 Å². The van der Waals surface area contributed by atoms with Crippen molar-refractivity contribution in [2.24, 2.45) is 17.8 Å². The summed E-state index contributed by atoms with van der Waals surface area (Å²) in [5.74, 6) is 2.79. The van der Waals surface area contributed by atoms with E-state index < -0.39 is 0 Å². The number of hydrogen-bond donors (Lipinski definition) is 0. The second kappa shape index (κ2) is 8.32. The highest BCUT2D eigenvalue weighted by Gasteiger charge is 2.10. The molecule has 0 radical (unpaired) electrons. The maximum absolute atomic E-state index is 2.42. The lowest BCUT2D eigenvalue weighted by molar-refractivity contribution is 0.330. The van der Waals surface area contributed by atoms with Crippen LogP contribution >= 0.6 is 0 Å². The summed E-state index contributed by atoms with van der Waals surface area (Å²) in [6.45, 7) is 11.8. The van der Waals surface area contributed by atoms with Crippen LogP contribution in [0, 0.1) is 17.8 Å². The summed E-state index contributed by atoms with van der Waals surface area (Å²) in [5, 5.41) is 0. The van der Waals surface area contributed by atoms with Crippen molar-refractivity contribution in [1.82, 2.24) is 0 Å². The molecule has 0 nitrogen and oxygen atoms in total. The molecule has 0 heteroatoms. The molecule has 0 aliphatic heterocycles. The zero-order valence-corrected chi connectivity index (χ0v) is 11.0. The number of rotatable bonds is 8. The van der Waals surface area contributed by atoms with Crippen molar-refractivity contribution >= 4 is 0 Å². The van der Waals surface area contributed by atoms with Crippen LogP contribution < -0.4 is 0 Å². The molecule has 14 heavy (non-hydrogen) atoms. The Bertz CT molecular complexity index is 117. The van der Waals surface area contributed by atoms with Gasteiger partial charge in [-0.1, -0.05) is 73.1 Å². The van der Waals surface area contributed by atoms with Crippen LogP contribution in [-0.2, 0) is 0 Å². The minimum atomic E-state index is 0.913. The molecule has 0 aromatic rings. The monoisotopic (exact) mass is 198 g/mol. The fraction of sp³-hybridized carbons (Fsp3) is 1.00. The first kappa shape index (κ1) is 14.0. The minimum Gasteiger partial charge on any atom is -0.0654 e. The van der Waals surface area contributed by atoms with Gasteiger partial charge in [0.25, 0.3) is 0 Å². The van der Waals surface area contributed by atoms with Crippen molar-refractivity contribution in [1.29, 1.82) is 0 Å². The van der Waals surface area contributed by atoms with Crippen LogP contribution in [0.1, 0.15) is 73.1 Å². The van der Waals surface area contributed by atoms with Crippen molar-refractivity contribution in [3.8, 4) is 0 Å². The number of hydrogen-bond acceptors (Lipinski definition) is 0. The van der Waals surface area contributed by atoms with Gasteiger partial charge in [0.05, 0.1) is 0 Å². The third kappa shape index (κ3) is 6.45. The Labute approximate surface area is 91.5 Å². The van der Waals surface area contributed by atoms with Gasteiger partial charge in [0.15, 0.2) is 0 Å². The molecule has 0 heterocycles. The first-order valence-corrected chi connectivity index (χ1v) is 6.61. The van der Waals surface area contributed by atoms with Gasteiger partial charge in [-0.3, -0.25) is 0 Å². The van der Waals surface area contributed by atoms with E-state index in [1.165, 1.54) is 38.5 Å². The van der Waals surface area contributed by atoms with Gasteiger partial charge < -0.3 is 0 Å². The zero-order chi connectivity index (χ0) is 11.0. The highest BCUT2D eigenvalue weighted by Crippen LogP contribution is 2.22. The van der Waals surface area contributed by atoms with E-state index in [4.69, 9.17) is 0 Å². The molecule has 86 valence electrons. The fourth-order valence-corrected chi connectivity index (χ4v) is 2.11. The molecule has 0 rings (SSSR count). The normalized spacial score (nSPS) is 17.8. The van der Waals surface area contributed by atoms with Gasteiger partial charge in [-0.2, -0.15) is 0 Å². The van der Waals surface area contributed by atoms with Crippen molar-refractivity contribution in [3.05, 3.63) is 0 Å². The summed E-state index contributed by atoms with van der Waals surface area (Å²) in [7, 11) is 0. The molecule has 0 bridgehead atoms. The Balaban J connectivity index is 3.43. The lowest BCUT2D eigenvalue weighted by Gasteiger charge is -2.19. The van der Waals surface area contributed by atoms with Crippen molar-refractivity contribution in [2.45, 2.75) is 73.1 Å². The fourth-order valence-electron chi connectivity index (χ4n) is 2.11. The topological polar surface area (TPSA) is 0 Å². The van der Waals surface area contributed by atoms with E-state index in [0.717, 1.165) is 17.8 Å². The molecule has 0 N–H and O–H groups in total. The molecule has 0 saturated heterocycles. The van der Waals surface area contributed by atoms with Crippen LogP contribution in [0.3, 0.4) is 0 Å². The molecule has 0 saturated carbocycles. The summed E-state index contributed by atoms with van der Waals surface area (Å²) < 4.78 is 0. The second-order valence-electron chi connectivity index (χ2n) is 5.19. The van der Waals surface area contributed by atoms with Crippen LogP contribution in [-0.4, -0.2) is 0 Å². The lowest BCUT2D eigenvalue weighted by Crippen LogP contribution is -2.07. The molecular formula is C14H30. The van der Waals surface area contributed by atoms with E-state index in [-0.39, 0.29) is 0 Å². The summed E-state index contributed by atoms with van der Waals surface area (Å²) in [6.07, 6.45) is 8.41. The Morgan fingerprint density at radius 2 is 1.43 bits per heavy atom. The third-order valence-corrected chi connectivity index (χ3v) is 3.75. The van der Waals surface area contributed by atoms with Gasteiger partial charge in [-0.25, -0.2) is 0 Å². The van der Waals surface area contributed by atoms with E-state index in [9.17, 15) is 0 Å². The van der Waals surface area contributed by atoms with Crippen LogP contribution in [0.4, 0.5) is 0 Å². The van der Waals surface area contributed by atoms with Crippen molar-refractivity contribution in [3.63, 3.8) is 0 Å². The standard InChI is InChI=1S/C14H30/c1-6-9-12(3)10-8-11-14(5)13(4)7-2/h12-14H,6-11H2,1-5H3. The molecule has 0 fully saturated rings. The van der Waals surface area contributed by atoms with Gasteiger partial charge in [0, 0.05) is 0 Å². The Morgan fingerprint density at radius 1 is 0.786 bits per heavy atom. The molecule has 0 aromatic carbocycles. The van der Waals surface area contributed by atoms with E-state index in [1.807, 2.05) is 0 Å². The summed E-state index contributed by atoms with van der Waals surface area (Å²) >= 11 is 0. The Morgan fingerprint density at radius 3 is 1.93 bits per heavy atom. The smallest absolute Gasteiger partial charge is 0.0417 e. The average molecular weight is 198 g/mol. The highest BCUT2D eigenvalue weighted by molar-refractivity contribution is 4.62. The maximum Gasteiger partial charge on any atom is -0.0417 e. The Hall–Kier alpha value is 0. The van der Waals surface area contributed by atoms with E-state index in [0.29, 0.717) is 0 Å². The van der Waals surface area contributed by atoms with E-state index in [1.54, 1.807) is 0 Å². The van der Waals surface area contributed by atoms with E-state index in [2.05, 4.69) is 34.6 Å². The second-order valence-corrected chi connectivity index (χ2v) is 5.19. The third-order valence-electron chi connectivity index (χ3n) is 3.75. The highest BCUT2D eigenvalue weighted by atomic mass is 14.2. The van der Waals surface area contributed by atoms with Gasteiger partial charge in [-0.05, 0) is 17.8 Å². The predicted molar refractivity (Wildman–Crippen MR) is 66.5 cm³/mol. The molecule has 0 aliphatic carbocycles. The molecular weight excluding hydrogens is 168 g/mol. The zero-order valence-electron chi connectivity index (χ0n) is 11.0. The lowest BCUT2D eigenvalue weighted by atomic mass is 9.87. The quantitative estimate of drug-likeness (QED) is 0.498. The molecule has 0 aliphatic rings. The van der Waals surface area contributed by atoms with Gasteiger partial charge in [0.1, 0.15) is 0 Å². The van der Waals surface area contributed by atoms with Crippen LogP contribution in [0.25, 0.3) is 0 Å². The molecule has 3 atom stereocenters. The van der Waals surface area contributed by atoms with Gasteiger partial charge >= 0.3 is 0 Å². The SMILES string of the molecule is CCCC(C)CCCC(C)C(C)CC. The summed E-state index contributed by atoms with van der Waals surface area (Å²) in [6, 6.07) is 0. The van der Waals surface area contributed by atoms with Crippen LogP contribution in [0.2, 0.25) is 0 Å².